The molecular weight excluding hydrogens is 330 g/mol. The Balaban J connectivity index is 1.95. The lowest BCUT2D eigenvalue weighted by molar-refractivity contribution is 0.304. The van der Waals surface area contributed by atoms with Crippen LogP contribution in [0.4, 0.5) is 0 Å². The normalized spacial score (nSPS) is 10.4. The Morgan fingerprint density at radius 2 is 1.76 bits per heavy atom. The van der Waals surface area contributed by atoms with E-state index in [4.69, 9.17) is 9.47 Å². The molecule has 0 atom stereocenters. The molecule has 1 N–H and O–H groups in total. The van der Waals surface area contributed by atoms with Gasteiger partial charge in [0.05, 0.1) is 7.11 Å². The molecule has 0 aromatic heterocycles. The van der Waals surface area contributed by atoms with Gasteiger partial charge in [-0.25, -0.2) is 0 Å². The smallest absolute Gasteiger partial charge is 0.120 e. The van der Waals surface area contributed by atoms with E-state index in [9.17, 15) is 0 Å². The summed E-state index contributed by atoms with van der Waals surface area (Å²) >= 11 is 3.61. The third-order valence-corrected chi connectivity index (χ3v) is 3.89. The Morgan fingerprint density at radius 1 is 1.05 bits per heavy atom. The summed E-state index contributed by atoms with van der Waals surface area (Å²) in [6.07, 6.45) is 0. The molecule has 4 heteroatoms. The van der Waals surface area contributed by atoms with Gasteiger partial charge in [-0.2, -0.15) is 0 Å². The quantitative estimate of drug-likeness (QED) is 0.814. The number of hydrogen-bond donors (Lipinski definition) is 1. The molecule has 0 saturated heterocycles. The number of nitrogens with one attached hydrogen (secondary N) is 1. The summed E-state index contributed by atoms with van der Waals surface area (Å²) in [7, 11) is 1.65. The first-order chi connectivity index (χ1) is 10.2. The van der Waals surface area contributed by atoms with Crippen LogP contribution in [0.5, 0.6) is 11.5 Å². The molecule has 0 amide bonds. The SMILES string of the molecule is CCNCc1ccc(COc2ccc(OC)cc2)c(Br)c1. The van der Waals surface area contributed by atoms with Crippen LogP contribution in [0.15, 0.2) is 46.9 Å². The van der Waals surface area contributed by atoms with Crippen LogP contribution >= 0.6 is 15.9 Å². The highest BCUT2D eigenvalue weighted by atomic mass is 79.9. The number of methoxy groups -OCH3 is 1. The molecule has 0 bridgehead atoms. The van der Waals surface area contributed by atoms with Crippen LogP contribution in [0.1, 0.15) is 18.1 Å². The molecule has 0 saturated carbocycles. The maximum atomic E-state index is 5.79. The van der Waals surface area contributed by atoms with Crippen molar-refractivity contribution in [2.24, 2.45) is 0 Å². The minimum atomic E-state index is 0.536. The van der Waals surface area contributed by atoms with Gasteiger partial charge in [-0.05, 0) is 42.4 Å². The number of ether oxygens (including phenoxy) is 2. The van der Waals surface area contributed by atoms with Gasteiger partial charge in [-0.1, -0.05) is 35.0 Å². The van der Waals surface area contributed by atoms with Crippen molar-refractivity contribution in [2.45, 2.75) is 20.1 Å². The van der Waals surface area contributed by atoms with Crippen molar-refractivity contribution in [3.63, 3.8) is 0 Å². The van der Waals surface area contributed by atoms with Crippen molar-refractivity contribution in [3.05, 3.63) is 58.1 Å². The topological polar surface area (TPSA) is 30.5 Å². The van der Waals surface area contributed by atoms with E-state index < -0.39 is 0 Å². The van der Waals surface area contributed by atoms with Crippen molar-refractivity contribution in [2.75, 3.05) is 13.7 Å². The Bertz CT molecular complexity index is 570. The van der Waals surface area contributed by atoms with Crippen LogP contribution in [0, 0.1) is 0 Å². The molecule has 0 unspecified atom stereocenters. The second-order valence-corrected chi connectivity index (χ2v) is 5.52. The van der Waals surface area contributed by atoms with Crippen LogP contribution in [0.2, 0.25) is 0 Å². The second kappa shape index (κ2) is 8.05. The van der Waals surface area contributed by atoms with Crippen LogP contribution in [0.3, 0.4) is 0 Å². The molecule has 0 heterocycles. The minimum Gasteiger partial charge on any atom is -0.497 e. The molecule has 0 fully saturated rings. The molecular formula is C17H20BrNO2. The van der Waals surface area contributed by atoms with Gasteiger partial charge in [0.2, 0.25) is 0 Å². The Labute approximate surface area is 134 Å². The van der Waals surface area contributed by atoms with Crippen LogP contribution in [0.25, 0.3) is 0 Å². The first-order valence-electron chi connectivity index (χ1n) is 6.97. The van der Waals surface area contributed by atoms with Crippen molar-refractivity contribution in [1.29, 1.82) is 0 Å². The van der Waals surface area contributed by atoms with E-state index in [1.54, 1.807) is 7.11 Å². The molecule has 0 aliphatic rings. The van der Waals surface area contributed by atoms with E-state index >= 15 is 0 Å². The third kappa shape index (κ3) is 4.76. The van der Waals surface area contributed by atoms with Crippen LogP contribution in [-0.2, 0) is 13.2 Å². The zero-order valence-electron chi connectivity index (χ0n) is 12.4. The summed E-state index contributed by atoms with van der Waals surface area (Å²) in [5.74, 6) is 1.66. The van der Waals surface area contributed by atoms with Crippen molar-refractivity contribution in [3.8, 4) is 11.5 Å². The maximum Gasteiger partial charge on any atom is 0.120 e. The van der Waals surface area contributed by atoms with Crippen molar-refractivity contribution < 1.29 is 9.47 Å². The molecule has 0 radical (unpaired) electrons. The second-order valence-electron chi connectivity index (χ2n) is 4.67. The van der Waals surface area contributed by atoms with E-state index in [-0.39, 0.29) is 0 Å². The third-order valence-electron chi connectivity index (χ3n) is 3.15. The van der Waals surface area contributed by atoms with E-state index in [1.807, 2.05) is 24.3 Å². The monoisotopic (exact) mass is 349 g/mol. The summed E-state index contributed by atoms with van der Waals surface area (Å²) in [6.45, 7) is 4.50. The fourth-order valence-electron chi connectivity index (χ4n) is 1.92. The summed E-state index contributed by atoms with van der Waals surface area (Å²) in [4.78, 5) is 0. The molecule has 0 spiro atoms. The van der Waals surface area contributed by atoms with Gasteiger partial charge in [0.15, 0.2) is 0 Å². The molecule has 2 rings (SSSR count). The zero-order chi connectivity index (χ0) is 15.1. The number of halogens is 1. The van der Waals surface area contributed by atoms with Gasteiger partial charge in [-0.3, -0.25) is 0 Å². The van der Waals surface area contributed by atoms with E-state index in [1.165, 1.54) is 5.56 Å². The largest absolute Gasteiger partial charge is 0.497 e. The molecule has 2 aromatic rings. The van der Waals surface area contributed by atoms with Crippen LogP contribution < -0.4 is 14.8 Å². The van der Waals surface area contributed by atoms with E-state index in [0.29, 0.717) is 6.61 Å². The Hall–Kier alpha value is -1.52. The van der Waals surface area contributed by atoms with Crippen molar-refractivity contribution >= 4 is 15.9 Å². The zero-order valence-corrected chi connectivity index (χ0v) is 13.9. The van der Waals surface area contributed by atoms with Gasteiger partial charge < -0.3 is 14.8 Å². The lowest BCUT2D eigenvalue weighted by Gasteiger charge is -2.10. The lowest BCUT2D eigenvalue weighted by Crippen LogP contribution is -2.11. The van der Waals surface area contributed by atoms with Gasteiger partial charge >= 0.3 is 0 Å². The Kier molecular flexibility index (Phi) is 6.08. The lowest BCUT2D eigenvalue weighted by atomic mass is 10.1. The number of benzene rings is 2. The number of rotatable bonds is 7. The molecule has 2 aromatic carbocycles. The van der Waals surface area contributed by atoms with Gasteiger partial charge in [0.1, 0.15) is 18.1 Å². The first-order valence-corrected chi connectivity index (χ1v) is 7.77. The predicted molar refractivity (Wildman–Crippen MR) is 88.8 cm³/mol. The fourth-order valence-corrected chi connectivity index (χ4v) is 2.46. The number of hydrogen-bond acceptors (Lipinski definition) is 3. The van der Waals surface area contributed by atoms with E-state index in [2.05, 4.69) is 46.4 Å². The molecule has 0 aliphatic carbocycles. The molecule has 112 valence electrons. The Morgan fingerprint density at radius 3 is 2.38 bits per heavy atom. The van der Waals surface area contributed by atoms with E-state index in [0.717, 1.165) is 34.6 Å². The standard InChI is InChI=1S/C17H20BrNO2/c1-3-19-11-13-4-5-14(17(18)10-13)12-21-16-8-6-15(20-2)7-9-16/h4-10,19H,3,11-12H2,1-2H3. The predicted octanol–water partition coefficient (Wildman–Crippen LogP) is 4.15. The average Bonchev–Trinajstić information content (AvgIpc) is 2.52. The highest BCUT2D eigenvalue weighted by Crippen LogP contribution is 2.22. The molecule has 3 nitrogen and oxygen atoms in total. The minimum absolute atomic E-state index is 0.536. The van der Waals surface area contributed by atoms with Crippen molar-refractivity contribution in [1.82, 2.24) is 5.32 Å². The fraction of sp³-hybridized carbons (Fsp3) is 0.294. The summed E-state index contributed by atoms with van der Waals surface area (Å²) in [5.41, 5.74) is 2.39. The van der Waals surface area contributed by atoms with Crippen LogP contribution in [-0.4, -0.2) is 13.7 Å². The maximum absolute atomic E-state index is 5.79. The van der Waals surface area contributed by atoms with Gasteiger partial charge in [-0.15, -0.1) is 0 Å². The summed E-state index contributed by atoms with van der Waals surface area (Å²) in [6, 6.07) is 14.0. The summed E-state index contributed by atoms with van der Waals surface area (Å²) < 4.78 is 12.0. The molecule has 0 aliphatic heterocycles. The van der Waals surface area contributed by atoms with Gasteiger partial charge in [0, 0.05) is 16.6 Å². The highest BCUT2D eigenvalue weighted by Gasteiger charge is 2.03. The molecule has 21 heavy (non-hydrogen) atoms. The highest BCUT2D eigenvalue weighted by molar-refractivity contribution is 9.10. The summed E-state index contributed by atoms with van der Waals surface area (Å²) in [5, 5.41) is 3.32. The first kappa shape index (κ1) is 15.9. The van der Waals surface area contributed by atoms with Gasteiger partial charge in [0.25, 0.3) is 0 Å². The average molecular weight is 350 g/mol.